The highest BCUT2D eigenvalue weighted by Crippen LogP contribution is 2.21. The molecule has 0 bridgehead atoms. The van der Waals surface area contributed by atoms with E-state index in [1.807, 2.05) is 30.3 Å². The van der Waals surface area contributed by atoms with Gasteiger partial charge in [-0.1, -0.05) is 30.3 Å². The normalized spacial score (nSPS) is 11.9. The van der Waals surface area contributed by atoms with Crippen LogP contribution in [0.3, 0.4) is 0 Å². The van der Waals surface area contributed by atoms with Gasteiger partial charge in [-0.15, -0.1) is 11.3 Å². The third kappa shape index (κ3) is 3.82. The Balaban J connectivity index is 1.97. The van der Waals surface area contributed by atoms with Gasteiger partial charge in [-0.05, 0) is 12.0 Å². The second-order valence-corrected chi connectivity index (χ2v) is 5.30. The van der Waals surface area contributed by atoms with E-state index >= 15 is 0 Å². The maximum Gasteiger partial charge on any atom is 0.261 e. The molecule has 2 aromatic rings. The molecule has 0 aliphatic heterocycles. The smallest absolute Gasteiger partial charge is 0.261 e. The third-order valence-corrected chi connectivity index (χ3v) is 3.82. The van der Waals surface area contributed by atoms with E-state index in [2.05, 4.69) is 5.32 Å². The highest BCUT2D eigenvalue weighted by atomic mass is 32.1. The van der Waals surface area contributed by atoms with Crippen molar-refractivity contribution in [1.29, 1.82) is 0 Å². The molecule has 1 unspecified atom stereocenters. The van der Waals surface area contributed by atoms with Gasteiger partial charge in [0.25, 0.3) is 5.91 Å². The summed E-state index contributed by atoms with van der Waals surface area (Å²) in [6.45, 7) is -0.0941. The highest BCUT2D eigenvalue weighted by molar-refractivity contribution is 7.12. The molecule has 2 rings (SSSR count). The Labute approximate surface area is 122 Å². The van der Waals surface area contributed by atoms with Gasteiger partial charge in [0.2, 0.25) is 0 Å². The van der Waals surface area contributed by atoms with Crippen molar-refractivity contribution in [3.05, 3.63) is 52.2 Å². The van der Waals surface area contributed by atoms with Crippen LogP contribution in [0.4, 0.5) is 0 Å². The van der Waals surface area contributed by atoms with Crippen LogP contribution in [0.15, 0.2) is 41.8 Å². The van der Waals surface area contributed by atoms with Crippen LogP contribution >= 0.6 is 11.3 Å². The van der Waals surface area contributed by atoms with Crippen molar-refractivity contribution in [3.63, 3.8) is 0 Å². The van der Waals surface area contributed by atoms with Crippen LogP contribution < -0.4 is 10.1 Å². The third-order valence-electron chi connectivity index (χ3n) is 2.92. The minimum absolute atomic E-state index is 0.0941. The van der Waals surface area contributed by atoms with E-state index in [0.29, 0.717) is 17.0 Å². The molecule has 0 radical (unpaired) electrons. The fourth-order valence-corrected chi connectivity index (χ4v) is 2.62. The standard InChI is InChI=1S/C15H17NO3S/c1-19-13-8-14(20-10-13)15(18)16-12(9-17)7-11-5-3-2-4-6-11/h2-6,8,10,12,17H,7,9H2,1H3,(H,16,18). The first-order valence-corrected chi connectivity index (χ1v) is 7.19. The predicted molar refractivity (Wildman–Crippen MR) is 79.4 cm³/mol. The van der Waals surface area contributed by atoms with Crippen LogP contribution in [0.1, 0.15) is 15.2 Å². The molecule has 2 N–H and O–H groups in total. The molecule has 1 heterocycles. The number of aliphatic hydroxyl groups excluding tert-OH is 1. The summed E-state index contributed by atoms with van der Waals surface area (Å²) in [5.74, 6) is 0.483. The van der Waals surface area contributed by atoms with Crippen molar-refractivity contribution in [2.75, 3.05) is 13.7 Å². The summed E-state index contributed by atoms with van der Waals surface area (Å²) in [5, 5.41) is 14.0. The zero-order valence-electron chi connectivity index (χ0n) is 11.2. The van der Waals surface area contributed by atoms with E-state index in [9.17, 15) is 9.90 Å². The number of methoxy groups -OCH3 is 1. The summed E-state index contributed by atoms with van der Waals surface area (Å²) in [6, 6.07) is 11.2. The van der Waals surface area contributed by atoms with Crippen molar-refractivity contribution in [3.8, 4) is 5.75 Å². The number of amides is 1. The molecule has 1 amide bonds. The van der Waals surface area contributed by atoms with Crippen molar-refractivity contribution in [1.82, 2.24) is 5.32 Å². The van der Waals surface area contributed by atoms with Gasteiger partial charge < -0.3 is 15.2 Å². The molecule has 1 aromatic heterocycles. The molecule has 5 heteroatoms. The maximum atomic E-state index is 12.1. The van der Waals surface area contributed by atoms with Gasteiger partial charge >= 0.3 is 0 Å². The first-order valence-electron chi connectivity index (χ1n) is 6.31. The summed E-state index contributed by atoms with van der Waals surface area (Å²) in [5.41, 5.74) is 1.08. The average Bonchev–Trinajstić information content (AvgIpc) is 2.96. The minimum atomic E-state index is -0.294. The Bertz CT molecular complexity index is 553. The SMILES string of the molecule is COc1csc(C(=O)NC(CO)Cc2ccccc2)c1. The lowest BCUT2D eigenvalue weighted by Crippen LogP contribution is -2.38. The lowest BCUT2D eigenvalue weighted by molar-refractivity contribution is 0.0920. The van der Waals surface area contributed by atoms with Crippen LogP contribution in [-0.4, -0.2) is 30.8 Å². The number of carbonyl (C=O) groups is 1. The van der Waals surface area contributed by atoms with E-state index in [1.165, 1.54) is 11.3 Å². The number of carbonyl (C=O) groups excluding carboxylic acids is 1. The topological polar surface area (TPSA) is 58.6 Å². The molecule has 0 fully saturated rings. The molecule has 1 atom stereocenters. The molecule has 106 valence electrons. The van der Waals surface area contributed by atoms with E-state index in [0.717, 1.165) is 5.56 Å². The van der Waals surface area contributed by atoms with E-state index < -0.39 is 0 Å². The van der Waals surface area contributed by atoms with Crippen molar-refractivity contribution < 1.29 is 14.6 Å². The van der Waals surface area contributed by atoms with Crippen molar-refractivity contribution >= 4 is 17.2 Å². The number of aliphatic hydroxyl groups is 1. The number of benzene rings is 1. The van der Waals surface area contributed by atoms with Gasteiger partial charge in [0, 0.05) is 11.4 Å². The lowest BCUT2D eigenvalue weighted by atomic mass is 10.1. The van der Waals surface area contributed by atoms with Crippen LogP contribution in [0.2, 0.25) is 0 Å². The largest absolute Gasteiger partial charge is 0.496 e. The number of rotatable bonds is 6. The first-order chi connectivity index (χ1) is 9.72. The number of nitrogens with one attached hydrogen (secondary N) is 1. The number of hydrogen-bond donors (Lipinski definition) is 2. The molecular formula is C15H17NO3S. The Morgan fingerprint density at radius 3 is 2.75 bits per heavy atom. The number of hydrogen-bond acceptors (Lipinski definition) is 4. The first kappa shape index (κ1) is 14.6. The fraction of sp³-hybridized carbons (Fsp3) is 0.267. The summed E-state index contributed by atoms with van der Waals surface area (Å²) < 4.78 is 5.05. The summed E-state index contributed by atoms with van der Waals surface area (Å²) in [6.07, 6.45) is 0.603. The summed E-state index contributed by atoms with van der Waals surface area (Å²) in [4.78, 5) is 12.6. The lowest BCUT2D eigenvalue weighted by Gasteiger charge is -2.15. The van der Waals surface area contributed by atoms with Gasteiger partial charge in [0.15, 0.2) is 0 Å². The zero-order valence-corrected chi connectivity index (χ0v) is 12.0. The van der Waals surface area contributed by atoms with Gasteiger partial charge in [0.05, 0.1) is 24.6 Å². The Morgan fingerprint density at radius 2 is 2.15 bits per heavy atom. The molecular weight excluding hydrogens is 274 g/mol. The van der Waals surface area contributed by atoms with E-state index in [-0.39, 0.29) is 18.6 Å². The molecule has 0 aliphatic rings. The molecule has 0 aliphatic carbocycles. The molecule has 0 spiro atoms. The van der Waals surface area contributed by atoms with Crippen molar-refractivity contribution in [2.45, 2.75) is 12.5 Å². The second kappa shape index (κ2) is 7.07. The zero-order chi connectivity index (χ0) is 14.4. The van der Waals surface area contributed by atoms with Gasteiger partial charge in [0.1, 0.15) is 5.75 Å². The van der Waals surface area contributed by atoms with Gasteiger partial charge in [-0.25, -0.2) is 0 Å². The summed E-state index contributed by atoms with van der Waals surface area (Å²) >= 11 is 1.32. The predicted octanol–water partition coefficient (Wildman–Crippen LogP) is 2.09. The highest BCUT2D eigenvalue weighted by Gasteiger charge is 2.15. The second-order valence-electron chi connectivity index (χ2n) is 4.39. The Morgan fingerprint density at radius 1 is 1.40 bits per heavy atom. The average molecular weight is 291 g/mol. The van der Waals surface area contributed by atoms with E-state index in [4.69, 9.17) is 4.74 Å². The number of ether oxygens (including phenoxy) is 1. The fourth-order valence-electron chi connectivity index (χ4n) is 1.86. The van der Waals surface area contributed by atoms with Crippen LogP contribution in [-0.2, 0) is 6.42 Å². The molecule has 4 nitrogen and oxygen atoms in total. The minimum Gasteiger partial charge on any atom is -0.496 e. The van der Waals surface area contributed by atoms with E-state index in [1.54, 1.807) is 18.6 Å². The number of thiophene rings is 1. The van der Waals surface area contributed by atoms with Gasteiger partial charge in [-0.3, -0.25) is 4.79 Å². The molecule has 0 saturated carbocycles. The van der Waals surface area contributed by atoms with Crippen molar-refractivity contribution in [2.24, 2.45) is 0 Å². The molecule has 1 aromatic carbocycles. The van der Waals surface area contributed by atoms with Gasteiger partial charge in [-0.2, -0.15) is 0 Å². The van der Waals surface area contributed by atoms with Crippen LogP contribution in [0.25, 0.3) is 0 Å². The molecule has 0 saturated heterocycles. The Hall–Kier alpha value is -1.85. The quantitative estimate of drug-likeness (QED) is 0.857. The monoisotopic (exact) mass is 291 g/mol. The van der Waals surface area contributed by atoms with Crippen LogP contribution in [0, 0.1) is 0 Å². The maximum absolute atomic E-state index is 12.1. The Kier molecular flexibility index (Phi) is 5.15. The molecule has 20 heavy (non-hydrogen) atoms. The van der Waals surface area contributed by atoms with Crippen LogP contribution in [0.5, 0.6) is 5.75 Å². The summed E-state index contributed by atoms with van der Waals surface area (Å²) in [7, 11) is 1.57.